The zero-order valence-corrected chi connectivity index (χ0v) is 15.4. The molecule has 1 saturated carbocycles. The summed E-state index contributed by atoms with van der Waals surface area (Å²) in [5.74, 6) is 0.667. The van der Waals surface area contributed by atoms with Crippen molar-refractivity contribution in [1.29, 1.82) is 0 Å². The van der Waals surface area contributed by atoms with Crippen LogP contribution in [0.2, 0.25) is 5.02 Å². The van der Waals surface area contributed by atoms with Gasteiger partial charge in [0.2, 0.25) is 5.82 Å². The number of aromatic nitrogens is 3. The van der Waals surface area contributed by atoms with E-state index in [1.165, 1.54) is 0 Å². The first-order chi connectivity index (χ1) is 13.2. The maximum absolute atomic E-state index is 12.9. The summed E-state index contributed by atoms with van der Waals surface area (Å²) in [7, 11) is 0. The quantitative estimate of drug-likeness (QED) is 0.724. The second kappa shape index (κ2) is 7.48. The molecule has 1 amide bonds. The van der Waals surface area contributed by atoms with E-state index >= 15 is 0 Å². The first-order valence-corrected chi connectivity index (χ1v) is 9.37. The van der Waals surface area contributed by atoms with Crippen molar-refractivity contribution in [1.82, 2.24) is 20.4 Å². The lowest BCUT2D eigenvalue weighted by atomic mass is 9.81. The standard InChI is InChI=1S/C20H19ClN4O2/c21-16-9-3-2-8-15(16)18(26)24-20(10-4-1-5-11-20)19-23-17(25-27-19)14-7-6-12-22-13-14/h2-3,6-9,12-13H,1,4-5,10-11H2,(H,24,26). The third kappa shape index (κ3) is 3.57. The van der Waals surface area contributed by atoms with Crippen LogP contribution in [0.1, 0.15) is 48.4 Å². The Morgan fingerprint density at radius 3 is 2.67 bits per heavy atom. The van der Waals surface area contributed by atoms with Crippen molar-refractivity contribution in [2.75, 3.05) is 0 Å². The van der Waals surface area contributed by atoms with Crippen molar-refractivity contribution < 1.29 is 9.32 Å². The minimum absolute atomic E-state index is 0.233. The fourth-order valence-corrected chi connectivity index (χ4v) is 3.73. The number of hydrogen-bond acceptors (Lipinski definition) is 5. The van der Waals surface area contributed by atoms with Crippen LogP contribution in [0.25, 0.3) is 11.4 Å². The van der Waals surface area contributed by atoms with Gasteiger partial charge in [-0.05, 0) is 37.1 Å². The van der Waals surface area contributed by atoms with Crippen LogP contribution in [-0.2, 0) is 5.54 Å². The first-order valence-electron chi connectivity index (χ1n) is 9.00. The molecule has 6 nitrogen and oxygen atoms in total. The highest BCUT2D eigenvalue weighted by molar-refractivity contribution is 6.33. The number of rotatable bonds is 4. The number of pyridine rings is 1. The van der Waals surface area contributed by atoms with Gasteiger partial charge in [0.1, 0.15) is 5.54 Å². The van der Waals surface area contributed by atoms with E-state index in [1.807, 2.05) is 12.1 Å². The van der Waals surface area contributed by atoms with Crippen molar-refractivity contribution in [2.45, 2.75) is 37.6 Å². The normalized spacial score (nSPS) is 16.0. The molecule has 2 aromatic heterocycles. The van der Waals surface area contributed by atoms with Gasteiger partial charge in [0.15, 0.2) is 0 Å². The highest BCUT2D eigenvalue weighted by Crippen LogP contribution is 2.37. The van der Waals surface area contributed by atoms with Crippen LogP contribution in [0.15, 0.2) is 53.3 Å². The lowest BCUT2D eigenvalue weighted by Gasteiger charge is -2.34. The van der Waals surface area contributed by atoms with Crippen molar-refractivity contribution in [2.24, 2.45) is 0 Å². The van der Waals surface area contributed by atoms with Gasteiger partial charge in [-0.3, -0.25) is 9.78 Å². The van der Waals surface area contributed by atoms with Crippen molar-refractivity contribution in [3.8, 4) is 11.4 Å². The highest BCUT2D eigenvalue weighted by atomic mass is 35.5. The molecule has 27 heavy (non-hydrogen) atoms. The van der Waals surface area contributed by atoms with Crippen LogP contribution in [0, 0.1) is 0 Å². The lowest BCUT2D eigenvalue weighted by molar-refractivity contribution is 0.0825. The molecule has 1 fully saturated rings. The van der Waals surface area contributed by atoms with E-state index in [1.54, 1.807) is 36.7 Å². The zero-order chi connectivity index (χ0) is 18.7. The second-order valence-corrected chi connectivity index (χ2v) is 7.15. The van der Waals surface area contributed by atoms with Gasteiger partial charge in [-0.25, -0.2) is 0 Å². The van der Waals surface area contributed by atoms with Crippen LogP contribution in [0.3, 0.4) is 0 Å². The fourth-order valence-electron chi connectivity index (χ4n) is 3.51. The molecule has 0 bridgehead atoms. The summed E-state index contributed by atoms with van der Waals surface area (Å²) in [5, 5.41) is 7.66. The molecule has 0 atom stereocenters. The van der Waals surface area contributed by atoms with E-state index in [9.17, 15) is 4.79 Å². The summed E-state index contributed by atoms with van der Waals surface area (Å²) in [6, 6.07) is 10.7. The molecule has 4 rings (SSSR count). The number of carbonyl (C=O) groups excluding carboxylic acids is 1. The minimum Gasteiger partial charge on any atom is -0.338 e. The van der Waals surface area contributed by atoms with E-state index in [-0.39, 0.29) is 5.91 Å². The second-order valence-electron chi connectivity index (χ2n) is 6.74. The first kappa shape index (κ1) is 17.7. The molecular formula is C20H19ClN4O2. The summed E-state index contributed by atoms with van der Waals surface area (Å²) in [5.41, 5.74) is 0.536. The van der Waals surface area contributed by atoms with Gasteiger partial charge in [-0.1, -0.05) is 48.2 Å². The number of amides is 1. The topological polar surface area (TPSA) is 80.9 Å². The van der Waals surface area contributed by atoms with Crippen LogP contribution >= 0.6 is 11.6 Å². The van der Waals surface area contributed by atoms with Gasteiger partial charge in [0.25, 0.3) is 11.8 Å². The molecule has 138 valence electrons. The molecule has 1 aliphatic carbocycles. The molecule has 1 N–H and O–H groups in total. The Labute approximate surface area is 162 Å². The van der Waals surface area contributed by atoms with Crippen LogP contribution in [-0.4, -0.2) is 21.0 Å². The Morgan fingerprint density at radius 2 is 1.93 bits per heavy atom. The Bertz CT molecular complexity index is 936. The summed E-state index contributed by atoms with van der Waals surface area (Å²) in [6.45, 7) is 0. The summed E-state index contributed by atoms with van der Waals surface area (Å²) < 4.78 is 5.59. The number of benzene rings is 1. The summed E-state index contributed by atoms with van der Waals surface area (Å²) in [4.78, 5) is 21.6. The molecule has 0 unspecified atom stereocenters. The van der Waals surface area contributed by atoms with E-state index in [2.05, 4.69) is 20.4 Å². The number of nitrogens with one attached hydrogen (secondary N) is 1. The molecule has 0 aliphatic heterocycles. The van der Waals surface area contributed by atoms with Crippen LogP contribution in [0.4, 0.5) is 0 Å². The molecule has 2 heterocycles. The number of carbonyl (C=O) groups is 1. The van der Waals surface area contributed by atoms with E-state index in [4.69, 9.17) is 16.1 Å². The average molecular weight is 383 g/mol. The van der Waals surface area contributed by atoms with Crippen molar-refractivity contribution in [3.05, 3.63) is 65.3 Å². The van der Waals surface area contributed by atoms with E-state index < -0.39 is 5.54 Å². The predicted molar refractivity (Wildman–Crippen MR) is 101 cm³/mol. The highest BCUT2D eigenvalue weighted by Gasteiger charge is 2.41. The average Bonchev–Trinajstić information content (AvgIpc) is 3.21. The van der Waals surface area contributed by atoms with Crippen LogP contribution in [0.5, 0.6) is 0 Å². The zero-order valence-electron chi connectivity index (χ0n) is 14.7. The summed E-state index contributed by atoms with van der Waals surface area (Å²) >= 11 is 6.19. The van der Waals surface area contributed by atoms with Gasteiger partial charge in [0.05, 0.1) is 10.6 Å². The van der Waals surface area contributed by atoms with Gasteiger partial charge < -0.3 is 9.84 Å². The van der Waals surface area contributed by atoms with Gasteiger partial charge >= 0.3 is 0 Å². The van der Waals surface area contributed by atoms with E-state index in [0.29, 0.717) is 22.3 Å². The maximum atomic E-state index is 12.9. The monoisotopic (exact) mass is 382 g/mol. The fraction of sp³-hybridized carbons (Fsp3) is 0.300. The SMILES string of the molecule is O=C(NC1(c2nc(-c3cccnc3)no2)CCCCC1)c1ccccc1Cl. The smallest absolute Gasteiger partial charge is 0.253 e. The summed E-state index contributed by atoms with van der Waals surface area (Å²) in [6.07, 6.45) is 7.95. The minimum atomic E-state index is -0.679. The molecule has 1 aliphatic rings. The van der Waals surface area contributed by atoms with E-state index in [0.717, 1.165) is 37.7 Å². The molecule has 7 heteroatoms. The molecule has 1 aromatic carbocycles. The maximum Gasteiger partial charge on any atom is 0.253 e. The van der Waals surface area contributed by atoms with Crippen LogP contribution < -0.4 is 5.32 Å². The Kier molecular flexibility index (Phi) is 4.90. The Hall–Kier alpha value is -2.73. The number of nitrogens with zero attached hydrogens (tertiary/aromatic N) is 3. The molecule has 3 aromatic rings. The molecule has 0 spiro atoms. The van der Waals surface area contributed by atoms with Gasteiger partial charge in [0, 0.05) is 18.0 Å². The van der Waals surface area contributed by atoms with Crippen molar-refractivity contribution in [3.63, 3.8) is 0 Å². The van der Waals surface area contributed by atoms with Gasteiger partial charge in [-0.15, -0.1) is 0 Å². The third-order valence-electron chi connectivity index (χ3n) is 4.93. The predicted octanol–water partition coefficient (Wildman–Crippen LogP) is 4.37. The third-order valence-corrected chi connectivity index (χ3v) is 5.26. The Morgan fingerprint density at radius 1 is 1.11 bits per heavy atom. The molecule has 0 saturated heterocycles. The molecular weight excluding hydrogens is 364 g/mol. The lowest BCUT2D eigenvalue weighted by Crippen LogP contribution is -2.47. The van der Waals surface area contributed by atoms with Crippen molar-refractivity contribution >= 4 is 17.5 Å². The van der Waals surface area contributed by atoms with Gasteiger partial charge in [-0.2, -0.15) is 4.98 Å². The Balaban J connectivity index is 1.66. The number of halogens is 1. The molecule has 0 radical (unpaired) electrons. The largest absolute Gasteiger partial charge is 0.338 e. The number of hydrogen-bond donors (Lipinski definition) is 1.